The van der Waals surface area contributed by atoms with Gasteiger partial charge in [-0.1, -0.05) is 0 Å². The first kappa shape index (κ1) is 15.6. The smallest absolute Gasteiger partial charge is 0.243 e. The number of rotatable bonds is 4. The summed E-state index contributed by atoms with van der Waals surface area (Å²) in [6.45, 7) is 5.70. The Labute approximate surface area is 135 Å². The number of hydrogen-bond acceptors (Lipinski definition) is 5. The number of H-pyrrole nitrogens is 1. The summed E-state index contributed by atoms with van der Waals surface area (Å²) in [5, 5.41) is 10.1. The molecule has 7 nitrogen and oxygen atoms in total. The highest BCUT2D eigenvalue weighted by atomic mass is 16.2. The van der Waals surface area contributed by atoms with Crippen molar-refractivity contribution in [1.29, 1.82) is 0 Å². The fourth-order valence-corrected chi connectivity index (χ4v) is 2.99. The lowest BCUT2D eigenvalue weighted by molar-refractivity contribution is -0.121. The van der Waals surface area contributed by atoms with Crippen molar-refractivity contribution in [2.45, 2.75) is 38.6 Å². The molecule has 7 heteroatoms. The Kier molecular flexibility index (Phi) is 4.66. The van der Waals surface area contributed by atoms with Gasteiger partial charge in [0.15, 0.2) is 0 Å². The predicted molar refractivity (Wildman–Crippen MR) is 87.0 cm³/mol. The minimum atomic E-state index is -0.221. The summed E-state index contributed by atoms with van der Waals surface area (Å²) in [5.41, 5.74) is 2.16. The van der Waals surface area contributed by atoms with Crippen molar-refractivity contribution in [3.05, 3.63) is 35.9 Å². The van der Waals surface area contributed by atoms with Crippen LogP contribution in [0.15, 0.2) is 24.5 Å². The van der Waals surface area contributed by atoms with Gasteiger partial charge in [-0.25, -0.2) is 9.97 Å². The molecule has 2 aromatic heterocycles. The predicted octanol–water partition coefficient (Wildman–Crippen LogP) is 1.71. The number of carbonyl (C=O) groups is 1. The van der Waals surface area contributed by atoms with E-state index in [1.54, 1.807) is 18.5 Å². The van der Waals surface area contributed by atoms with Crippen molar-refractivity contribution in [3.8, 4) is 0 Å². The van der Waals surface area contributed by atoms with Crippen molar-refractivity contribution in [2.75, 3.05) is 18.4 Å². The van der Waals surface area contributed by atoms with Crippen LogP contribution in [0, 0.1) is 6.92 Å². The van der Waals surface area contributed by atoms with Crippen LogP contribution >= 0.6 is 0 Å². The molecule has 2 aromatic rings. The number of nitrogens with one attached hydrogen (secondary N) is 2. The van der Waals surface area contributed by atoms with Crippen LogP contribution in [0.25, 0.3) is 0 Å². The second-order valence-electron chi connectivity index (χ2n) is 6.05. The van der Waals surface area contributed by atoms with Crippen molar-refractivity contribution in [2.24, 2.45) is 0 Å². The first-order valence-electron chi connectivity index (χ1n) is 7.97. The summed E-state index contributed by atoms with van der Waals surface area (Å²) in [4.78, 5) is 22.7. The van der Waals surface area contributed by atoms with Gasteiger partial charge in [0, 0.05) is 30.6 Å². The molecule has 1 saturated heterocycles. The number of carbonyl (C=O) groups excluding carboxylic acids is 1. The van der Waals surface area contributed by atoms with Gasteiger partial charge in [-0.15, -0.1) is 0 Å². The Bertz CT molecular complexity index is 656. The zero-order valence-corrected chi connectivity index (χ0v) is 13.5. The van der Waals surface area contributed by atoms with Crippen LogP contribution in [0.5, 0.6) is 0 Å². The fourth-order valence-electron chi connectivity index (χ4n) is 2.99. The van der Waals surface area contributed by atoms with E-state index in [1.165, 1.54) is 0 Å². The maximum absolute atomic E-state index is 12.4. The van der Waals surface area contributed by atoms with Crippen LogP contribution in [-0.4, -0.2) is 50.1 Å². The monoisotopic (exact) mass is 314 g/mol. The molecule has 0 unspecified atom stereocenters. The van der Waals surface area contributed by atoms with Crippen molar-refractivity contribution in [1.82, 2.24) is 25.1 Å². The number of hydrogen-bond donors (Lipinski definition) is 2. The maximum Gasteiger partial charge on any atom is 0.243 e. The molecule has 0 radical (unpaired) electrons. The Balaban J connectivity index is 1.62. The highest BCUT2D eigenvalue weighted by Crippen LogP contribution is 2.27. The number of aromatic nitrogens is 4. The van der Waals surface area contributed by atoms with Gasteiger partial charge in [0.1, 0.15) is 0 Å². The molecular weight excluding hydrogens is 292 g/mol. The topological polar surface area (TPSA) is 86.8 Å². The highest BCUT2D eigenvalue weighted by molar-refractivity contribution is 5.93. The largest absolute Gasteiger partial charge is 0.293 e. The molecule has 2 atom stereocenters. The molecule has 1 amide bonds. The van der Waals surface area contributed by atoms with Gasteiger partial charge in [0.25, 0.3) is 0 Å². The molecule has 0 bridgehead atoms. The van der Waals surface area contributed by atoms with Crippen LogP contribution in [-0.2, 0) is 4.79 Å². The van der Waals surface area contributed by atoms with E-state index >= 15 is 0 Å². The number of aromatic amines is 1. The van der Waals surface area contributed by atoms with Gasteiger partial charge in [0.05, 0.1) is 11.7 Å². The third kappa shape index (κ3) is 3.73. The second kappa shape index (κ2) is 6.87. The Morgan fingerprint density at radius 2 is 2.22 bits per heavy atom. The van der Waals surface area contributed by atoms with Crippen LogP contribution < -0.4 is 5.32 Å². The molecule has 122 valence electrons. The van der Waals surface area contributed by atoms with Crippen LogP contribution in [0.1, 0.15) is 37.1 Å². The number of amides is 1. The fraction of sp³-hybridized carbons (Fsp3) is 0.500. The minimum Gasteiger partial charge on any atom is -0.293 e. The molecule has 1 fully saturated rings. The average molecular weight is 314 g/mol. The highest BCUT2D eigenvalue weighted by Gasteiger charge is 2.29. The molecule has 23 heavy (non-hydrogen) atoms. The average Bonchev–Trinajstić information content (AvgIpc) is 3.02. The van der Waals surface area contributed by atoms with Crippen molar-refractivity contribution < 1.29 is 4.79 Å². The molecule has 1 aliphatic heterocycles. The molecule has 1 aliphatic rings. The Morgan fingerprint density at radius 1 is 1.43 bits per heavy atom. The lowest BCUT2D eigenvalue weighted by Gasteiger charge is -2.35. The molecule has 0 aliphatic carbocycles. The van der Waals surface area contributed by atoms with E-state index in [4.69, 9.17) is 0 Å². The van der Waals surface area contributed by atoms with Gasteiger partial charge in [-0.05, 0) is 45.4 Å². The SMILES string of the molecule is Cc1cc([C@@H]2CCCN([C@H](C)C(=O)Nc3ncccn3)C2)n[nH]1. The second-order valence-corrected chi connectivity index (χ2v) is 6.05. The van der Waals surface area contributed by atoms with Crippen LogP contribution in [0.3, 0.4) is 0 Å². The van der Waals surface area contributed by atoms with Crippen LogP contribution in [0.4, 0.5) is 5.95 Å². The number of nitrogens with zero attached hydrogens (tertiary/aromatic N) is 4. The van der Waals surface area contributed by atoms with Gasteiger partial charge >= 0.3 is 0 Å². The normalized spacial score (nSPS) is 20.2. The summed E-state index contributed by atoms with van der Waals surface area (Å²) in [5.74, 6) is 0.646. The number of aryl methyl sites for hydroxylation is 1. The van der Waals surface area contributed by atoms with Crippen molar-refractivity contribution in [3.63, 3.8) is 0 Å². The van der Waals surface area contributed by atoms with Gasteiger partial charge < -0.3 is 0 Å². The van der Waals surface area contributed by atoms with Gasteiger partial charge in [-0.2, -0.15) is 5.10 Å². The molecule has 3 heterocycles. The minimum absolute atomic E-state index is 0.0740. The molecule has 2 N–H and O–H groups in total. The van der Waals surface area contributed by atoms with E-state index in [2.05, 4.69) is 36.4 Å². The maximum atomic E-state index is 12.4. The molecule has 0 saturated carbocycles. The summed E-state index contributed by atoms with van der Waals surface area (Å²) in [6.07, 6.45) is 5.40. The van der Waals surface area contributed by atoms with E-state index in [-0.39, 0.29) is 11.9 Å². The van der Waals surface area contributed by atoms with E-state index < -0.39 is 0 Å². The van der Waals surface area contributed by atoms with Crippen molar-refractivity contribution >= 4 is 11.9 Å². The molecular formula is C16H22N6O. The third-order valence-corrected chi connectivity index (χ3v) is 4.32. The number of piperidine rings is 1. The van der Waals surface area contributed by atoms with Crippen LogP contribution in [0.2, 0.25) is 0 Å². The summed E-state index contributed by atoms with van der Waals surface area (Å²) in [7, 11) is 0. The third-order valence-electron chi connectivity index (χ3n) is 4.32. The number of likely N-dealkylation sites (tertiary alicyclic amines) is 1. The zero-order valence-electron chi connectivity index (χ0n) is 13.5. The van der Waals surface area contributed by atoms with E-state index in [1.807, 2.05) is 13.8 Å². The Hall–Kier alpha value is -2.28. The van der Waals surface area contributed by atoms with E-state index in [0.29, 0.717) is 11.9 Å². The Morgan fingerprint density at radius 3 is 2.91 bits per heavy atom. The van der Waals surface area contributed by atoms with Gasteiger partial charge in [-0.3, -0.25) is 20.1 Å². The lowest BCUT2D eigenvalue weighted by Crippen LogP contribution is -2.46. The lowest BCUT2D eigenvalue weighted by atomic mass is 9.93. The van der Waals surface area contributed by atoms with E-state index in [0.717, 1.165) is 37.3 Å². The first-order valence-corrected chi connectivity index (χ1v) is 7.97. The summed E-state index contributed by atoms with van der Waals surface area (Å²) < 4.78 is 0. The number of anilines is 1. The quantitative estimate of drug-likeness (QED) is 0.897. The zero-order chi connectivity index (χ0) is 16.2. The molecule has 3 rings (SSSR count). The standard InChI is InChI=1S/C16H22N6O/c1-11-9-14(21-20-11)13-5-3-8-22(10-13)12(2)15(23)19-16-17-6-4-7-18-16/h4,6-7,9,12-13H,3,5,8,10H2,1-2H3,(H,20,21)(H,17,18,19,23)/t12-,13-/m1/s1. The first-order chi connectivity index (χ1) is 11.1. The summed E-state index contributed by atoms with van der Waals surface area (Å²) in [6, 6.07) is 3.60. The van der Waals surface area contributed by atoms with E-state index in [9.17, 15) is 4.79 Å². The van der Waals surface area contributed by atoms with Gasteiger partial charge in [0.2, 0.25) is 11.9 Å². The molecule has 0 aromatic carbocycles. The summed E-state index contributed by atoms with van der Waals surface area (Å²) >= 11 is 0. The molecule has 0 spiro atoms.